The number of carbonyl (C=O) groups excluding carboxylic acids is 1. The lowest BCUT2D eigenvalue weighted by atomic mass is 9.91. The summed E-state index contributed by atoms with van der Waals surface area (Å²) < 4.78 is 0. The molecule has 5 heteroatoms. The molecule has 0 unspecified atom stereocenters. The van der Waals surface area contributed by atoms with Crippen LogP contribution in [-0.4, -0.2) is 28.1 Å². The van der Waals surface area contributed by atoms with Crippen molar-refractivity contribution in [2.75, 3.05) is 5.32 Å². The zero-order valence-corrected chi connectivity index (χ0v) is 13.6. The third kappa shape index (κ3) is 2.55. The van der Waals surface area contributed by atoms with Gasteiger partial charge < -0.3 is 10.6 Å². The summed E-state index contributed by atoms with van der Waals surface area (Å²) in [5.74, 6) is 0. The molecular weight excluding hydrogens is 306 g/mol. The highest BCUT2D eigenvalue weighted by molar-refractivity contribution is 7.80. The van der Waals surface area contributed by atoms with Gasteiger partial charge in [-0.1, -0.05) is 49.2 Å². The van der Waals surface area contributed by atoms with Crippen molar-refractivity contribution in [2.24, 2.45) is 0 Å². The van der Waals surface area contributed by atoms with Gasteiger partial charge in [0.2, 0.25) is 0 Å². The van der Waals surface area contributed by atoms with Crippen LogP contribution in [0.25, 0.3) is 10.8 Å². The molecule has 2 aromatic rings. The minimum absolute atomic E-state index is 0.131. The Kier molecular flexibility index (Phi) is 3.65. The molecule has 2 amide bonds. The van der Waals surface area contributed by atoms with E-state index < -0.39 is 0 Å². The number of benzene rings is 2. The zero-order valence-electron chi connectivity index (χ0n) is 12.8. The van der Waals surface area contributed by atoms with Gasteiger partial charge in [-0.3, -0.25) is 4.90 Å². The van der Waals surface area contributed by atoms with Gasteiger partial charge in [0.1, 0.15) is 0 Å². The summed E-state index contributed by atoms with van der Waals surface area (Å²) in [7, 11) is 0. The normalized spacial score (nSPS) is 23.5. The maximum absolute atomic E-state index is 12.8. The Bertz CT molecular complexity index is 770. The molecule has 118 valence electrons. The van der Waals surface area contributed by atoms with Crippen molar-refractivity contribution in [2.45, 2.75) is 37.8 Å². The standard InChI is InChI=1S/C18H19N3OS/c22-17(21-16-11-4-3-9-15(16)20-18(21)23)19-14-10-5-7-12-6-1-2-8-13(12)14/h1-2,5-8,10,15-16H,3-4,9,11H2,(H,19,22)(H,20,23)/t15-,16-/m0/s1. The Hall–Kier alpha value is -2.14. The van der Waals surface area contributed by atoms with E-state index in [1.165, 1.54) is 6.42 Å². The minimum atomic E-state index is -0.131. The Morgan fingerprint density at radius 2 is 1.91 bits per heavy atom. The SMILES string of the molecule is O=C(Nc1cccc2ccccc12)N1C(=S)N[C@H]2CCCC[C@@H]21. The number of urea groups is 1. The van der Waals surface area contributed by atoms with Crippen LogP contribution >= 0.6 is 12.2 Å². The van der Waals surface area contributed by atoms with Gasteiger partial charge in [-0.25, -0.2) is 4.79 Å². The molecule has 1 saturated heterocycles. The first kappa shape index (κ1) is 14.5. The summed E-state index contributed by atoms with van der Waals surface area (Å²) in [4.78, 5) is 14.5. The Morgan fingerprint density at radius 1 is 1.13 bits per heavy atom. The molecule has 1 saturated carbocycles. The van der Waals surface area contributed by atoms with E-state index in [2.05, 4.69) is 10.6 Å². The molecule has 1 aliphatic carbocycles. The zero-order chi connectivity index (χ0) is 15.8. The molecule has 2 fully saturated rings. The number of hydrogen-bond donors (Lipinski definition) is 2. The van der Waals surface area contributed by atoms with Gasteiger partial charge in [-0.2, -0.15) is 0 Å². The van der Waals surface area contributed by atoms with E-state index in [0.29, 0.717) is 11.2 Å². The van der Waals surface area contributed by atoms with Gasteiger partial charge in [-0.15, -0.1) is 0 Å². The van der Waals surface area contributed by atoms with Gasteiger partial charge >= 0.3 is 6.03 Å². The summed E-state index contributed by atoms with van der Waals surface area (Å²) in [6.45, 7) is 0. The first-order valence-corrected chi connectivity index (χ1v) is 8.53. The third-order valence-electron chi connectivity index (χ3n) is 4.84. The monoisotopic (exact) mass is 325 g/mol. The van der Waals surface area contributed by atoms with Crippen LogP contribution in [0.3, 0.4) is 0 Å². The highest BCUT2D eigenvalue weighted by atomic mass is 32.1. The van der Waals surface area contributed by atoms with Crippen LogP contribution in [0.4, 0.5) is 10.5 Å². The van der Waals surface area contributed by atoms with Crippen LogP contribution in [0.1, 0.15) is 25.7 Å². The van der Waals surface area contributed by atoms with E-state index in [4.69, 9.17) is 12.2 Å². The lowest BCUT2D eigenvalue weighted by Crippen LogP contribution is -2.44. The fourth-order valence-electron chi connectivity index (χ4n) is 3.72. The fourth-order valence-corrected chi connectivity index (χ4v) is 4.09. The molecule has 1 aliphatic heterocycles. The first-order valence-electron chi connectivity index (χ1n) is 8.12. The van der Waals surface area contributed by atoms with Crippen molar-refractivity contribution < 1.29 is 4.79 Å². The lowest BCUT2D eigenvalue weighted by molar-refractivity contribution is 0.212. The summed E-state index contributed by atoms with van der Waals surface area (Å²) in [5, 5.41) is 9.07. The molecule has 2 N–H and O–H groups in total. The Balaban J connectivity index is 1.61. The summed E-state index contributed by atoms with van der Waals surface area (Å²) in [6, 6.07) is 14.4. The third-order valence-corrected chi connectivity index (χ3v) is 5.15. The molecule has 0 aromatic heterocycles. The molecule has 4 nitrogen and oxygen atoms in total. The quantitative estimate of drug-likeness (QED) is 0.782. The van der Waals surface area contributed by atoms with E-state index >= 15 is 0 Å². The van der Waals surface area contributed by atoms with Crippen molar-refractivity contribution in [3.8, 4) is 0 Å². The van der Waals surface area contributed by atoms with E-state index in [9.17, 15) is 4.79 Å². The molecule has 0 radical (unpaired) electrons. The Morgan fingerprint density at radius 3 is 2.83 bits per heavy atom. The number of anilines is 1. The maximum Gasteiger partial charge on any atom is 0.328 e. The van der Waals surface area contributed by atoms with Crippen LogP contribution in [-0.2, 0) is 0 Å². The summed E-state index contributed by atoms with van der Waals surface area (Å²) >= 11 is 5.40. The van der Waals surface area contributed by atoms with Gasteiger partial charge in [0.15, 0.2) is 5.11 Å². The van der Waals surface area contributed by atoms with Crippen LogP contribution in [0.2, 0.25) is 0 Å². The maximum atomic E-state index is 12.8. The van der Waals surface area contributed by atoms with E-state index in [1.807, 2.05) is 42.5 Å². The van der Waals surface area contributed by atoms with Crippen LogP contribution < -0.4 is 10.6 Å². The predicted octanol–water partition coefficient (Wildman–Crippen LogP) is 3.87. The number of nitrogens with zero attached hydrogens (tertiary/aromatic N) is 1. The average molecular weight is 325 g/mol. The number of hydrogen-bond acceptors (Lipinski definition) is 2. The van der Waals surface area contributed by atoms with E-state index in [-0.39, 0.29) is 12.1 Å². The van der Waals surface area contributed by atoms with Gasteiger partial charge in [0.25, 0.3) is 0 Å². The van der Waals surface area contributed by atoms with Crippen molar-refractivity contribution in [1.29, 1.82) is 0 Å². The van der Waals surface area contributed by atoms with Gasteiger partial charge in [0, 0.05) is 11.4 Å². The Labute approximate surface area is 140 Å². The second-order valence-electron chi connectivity index (χ2n) is 6.23. The molecule has 4 rings (SSSR count). The first-order chi connectivity index (χ1) is 11.2. The van der Waals surface area contributed by atoms with Crippen molar-refractivity contribution >= 4 is 39.8 Å². The number of nitrogens with one attached hydrogen (secondary N) is 2. The summed E-state index contributed by atoms with van der Waals surface area (Å²) in [6.07, 6.45) is 4.46. The van der Waals surface area contributed by atoms with Crippen LogP contribution in [0, 0.1) is 0 Å². The molecular formula is C18H19N3OS. The summed E-state index contributed by atoms with van der Waals surface area (Å²) in [5.41, 5.74) is 0.829. The fraction of sp³-hybridized carbons (Fsp3) is 0.333. The predicted molar refractivity (Wildman–Crippen MR) is 96.6 cm³/mol. The number of carbonyl (C=O) groups is 1. The highest BCUT2D eigenvalue weighted by Crippen LogP contribution is 2.29. The second-order valence-corrected chi connectivity index (χ2v) is 6.62. The second kappa shape index (κ2) is 5.81. The molecule has 2 aromatic carbocycles. The van der Waals surface area contributed by atoms with E-state index in [0.717, 1.165) is 35.7 Å². The molecule has 1 heterocycles. The largest absolute Gasteiger partial charge is 0.357 e. The van der Waals surface area contributed by atoms with Crippen molar-refractivity contribution in [3.05, 3.63) is 42.5 Å². The minimum Gasteiger partial charge on any atom is -0.357 e. The number of rotatable bonds is 1. The number of amides is 2. The smallest absolute Gasteiger partial charge is 0.328 e. The lowest BCUT2D eigenvalue weighted by Gasteiger charge is -2.29. The molecule has 2 aliphatic rings. The average Bonchev–Trinajstić information content (AvgIpc) is 2.91. The molecule has 23 heavy (non-hydrogen) atoms. The molecule has 0 spiro atoms. The van der Waals surface area contributed by atoms with Crippen molar-refractivity contribution in [3.63, 3.8) is 0 Å². The highest BCUT2D eigenvalue weighted by Gasteiger charge is 2.41. The topological polar surface area (TPSA) is 44.4 Å². The van der Waals surface area contributed by atoms with Crippen LogP contribution in [0.5, 0.6) is 0 Å². The van der Waals surface area contributed by atoms with Crippen LogP contribution in [0.15, 0.2) is 42.5 Å². The number of thiocarbonyl (C=S) groups is 1. The van der Waals surface area contributed by atoms with Crippen molar-refractivity contribution in [1.82, 2.24) is 10.2 Å². The molecule has 0 bridgehead atoms. The van der Waals surface area contributed by atoms with Gasteiger partial charge in [0.05, 0.1) is 11.7 Å². The molecule has 2 atom stereocenters. The van der Waals surface area contributed by atoms with E-state index in [1.54, 1.807) is 4.90 Å². The van der Waals surface area contributed by atoms with Gasteiger partial charge in [-0.05, 0) is 36.5 Å². The number of fused-ring (bicyclic) bond motifs is 2.